The molecule has 2 aromatic rings. The highest BCUT2D eigenvalue weighted by Crippen LogP contribution is 2.33. The van der Waals surface area contributed by atoms with Crippen LogP contribution in [-0.2, 0) is 10.2 Å². The molecule has 0 radical (unpaired) electrons. The standard InChI is InChI=1S/C16H18N2O3S/c1-12-7-8-14(11-13(12)2)17-22(19,20)18-9-10-21-16-6-4-3-5-15(16)18/h3-8,11,17H,9-10H2,1-2H3. The Morgan fingerprint density at radius 1 is 1.09 bits per heavy atom. The van der Waals surface area contributed by atoms with Crippen LogP contribution in [0.4, 0.5) is 11.4 Å². The summed E-state index contributed by atoms with van der Waals surface area (Å²) in [5.74, 6) is 0.583. The van der Waals surface area contributed by atoms with E-state index in [-0.39, 0.29) is 6.54 Å². The molecule has 6 heteroatoms. The maximum absolute atomic E-state index is 12.7. The molecule has 5 nitrogen and oxygen atoms in total. The smallest absolute Gasteiger partial charge is 0.324 e. The van der Waals surface area contributed by atoms with Gasteiger partial charge in [0.25, 0.3) is 0 Å². The Morgan fingerprint density at radius 2 is 1.86 bits per heavy atom. The number of hydrogen-bond donors (Lipinski definition) is 1. The van der Waals surface area contributed by atoms with E-state index in [1.54, 1.807) is 24.3 Å². The van der Waals surface area contributed by atoms with E-state index in [0.29, 0.717) is 23.7 Å². The molecule has 0 saturated heterocycles. The van der Waals surface area contributed by atoms with E-state index in [4.69, 9.17) is 4.74 Å². The molecule has 0 bridgehead atoms. The van der Waals surface area contributed by atoms with E-state index in [9.17, 15) is 8.42 Å². The van der Waals surface area contributed by atoms with Gasteiger partial charge in [0, 0.05) is 0 Å². The van der Waals surface area contributed by atoms with Gasteiger partial charge in [-0.15, -0.1) is 0 Å². The number of nitrogens with zero attached hydrogens (tertiary/aromatic N) is 1. The summed E-state index contributed by atoms with van der Waals surface area (Å²) in [4.78, 5) is 0. The molecule has 0 aromatic heterocycles. The van der Waals surface area contributed by atoms with Gasteiger partial charge in [0.1, 0.15) is 12.4 Å². The van der Waals surface area contributed by atoms with Crippen LogP contribution in [0.15, 0.2) is 42.5 Å². The van der Waals surface area contributed by atoms with Crippen molar-refractivity contribution < 1.29 is 13.2 Å². The molecule has 0 unspecified atom stereocenters. The molecule has 1 aliphatic heterocycles. The number of hydrogen-bond acceptors (Lipinski definition) is 3. The van der Waals surface area contributed by atoms with Crippen molar-refractivity contribution in [2.75, 3.05) is 22.2 Å². The minimum absolute atomic E-state index is 0.289. The molecule has 1 N–H and O–H groups in total. The van der Waals surface area contributed by atoms with Crippen molar-refractivity contribution in [3.05, 3.63) is 53.6 Å². The van der Waals surface area contributed by atoms with Crippen molar-refractivity contribution >= 4 is 21.6 Å². The van der Waals surface area contributed by atoms with Gasteiger partial charge < -0.3 is 4.74 Å². The second kappa shape index (κ2) is 5.53. The zero-order valence-corrected chi connectivity index (χ0v) is 13.4. The molecule has 0 spiro atoms. The van der Waals surface area contributed by atoms with Crippen LogP contribution >= 0.6 is 0 Å². The van der Waals surface area contributed by atoms with Crippen molar-refractivity contribution in [2.45, 2.75) is 13.8 Å². The van der Waals surface area contributed by atoms with Crippen molar-refractivity contribution in [1.29, 1.82) is 0 Å². The molecule has 0 saturated carbocycles. The molecule has 1 heterocycles. The van der Waals surface area contributed by atoms with Gasteiger partial charge in [0.05, 0.1) is 17.9 Å². The van der Waals surface area contributed by atoms with Gasteiger partial charge in [-0.05, 0) is 49.2 Å². The Kier molecular flexibility index (Phi) is 3.70. The van der Waals surface area contributed by atoms with E-state index < -0.39 is 10.2 Å². The zero-order valence-electron chi connectivity index (χ0n) is 12.5. The van der Waals surface area contributed by atoms with Crippen molar-refractivity contribution in [1.82, 2.24) is 0 Å². The van der Waals surface area contributed by atoms with Crippen LogP contribution in [0.3, 0.4) is 0 Å². The quantitative estimate of drug-likeness (QED) is 0.946. The molecule has 2 aromatic carbocycles. The zero-order chi connectivity index (χ0) is 15.7. The number of nitrogens with one attached hydrogen (secondary N) is 1. The Bertz CT molecular complexity index is 803. The number of ether oxygens (including phenoxy) is 1. The molecular weight excluding hydrogens is 300 g/mol. The van der Waals surface area contributed by atoms with Crippen LogP contribution in [0.2, 0.25) is 0 Å². The van der Waals surface area contributed by atoms with Crippen LogP contribution < -0.4 is 13.8 Å². The van der Waals surface area contributed by atoms with Gasteiger partial charge in [-0.25, -0.2) is 4.31 Å². The number of aryl methyl sites for hydroxylation is 2. The molecule has 0 amide bonds. The maximum Gasteiger partial charge on any atom is 0.324 e. The molecule has 1 aliphatic rings. The first kappa shape index (κ1) is 14.7. The third-order valence-electron chi connectivity index (χ3n) is 3.73. The topological polar surface area (TPSA) is 58.6 Å². The van der Waals surface area contributed by atoms with E-state index in [1.807, 2.05) is 32.0 Å². The van der Waals surface area contributed by atoms with E-state index in [1.165, 1.54) is 4.31 Å². The summed E-state index contributed by atoms with van der Waals surface area (Å²) >= 11 is 0. The normalized spacial score (nSPS) is 14.2. The number of fused-ring (bicyclic) bond motifs is 1. The third kappa shape index (κ3) is 2.74. The van der Waals surface area contributed by atoms with Crippen LogP contribution in [-0.4, -0.2) is 21.6 Å². The largest absolute Gasteiger partial charge is 0.489 e. The lowest BCUT2D eigenvalue weighted by Gasteiger charge is -2.30. The number of anilines is 2. The fourth-order valence-electron chi connectivity index (χ4n) is 2.40. The van der Waals surface area contributed by atoms with Crippen LogP contribution in [0.25, 0.3) is 0 Å². The Morgan fingerprint density at radius 3 is 2.64 bits per heavy atom. The highest BCUT2D eigenvalue weighted by molar-refractivity contribution is 7.94. The van der Waals surface area contributed by atoms with Crippen LogP contribution in [0, 0.1) is 13.8 Å². The first-order valence-electron chi connectivity index (χ1n) is 7.07. The Balaban J connectivity index is 1.92. The summed E-state index contributed by atoms with van der Waals surface area (Å²) < 4.78 is 34.8. The average Bonchev–Trinajstić information content (AvgIpc) is 2.50. The molecular formula is C16H18N2O3S. The summed E-state index contributed by atoms with van der Waals surface area (Å²) in [6.07, 6.45) is 0. The highest BCUT2D eigenvalue weighted by Gasteiger charge is 2.28. The van der Waals surface area contributed by atoms with Crippen molar-refractivity contribution in [3.8, 4) is 5.75 Å². The Hall–Kier alpha value is -2.21. The summed E-state index contributed by atoms with van der Waals surface area (Å²) in [6.45, 7) is 4.57. The van der Waals surface area contributed by atoms with Gasteiger partial charge in [-0.2, -0.15) is 8.42 Å². The van der Waals surface area contributed by atoms with Crippen molar-refractivity contribution in [3.63, 3.8) is 0 Å². The highest BCUT2D eigenvalue weighted by atomic mass is 32.2. The SMILES string of the molecule is Cc1ccc(NS(=O)(=O)N2CCOc3ccccc32)cc1C. The van der Waals surface area contributed by atoms with Crippen LogP contribution in [0.5, 0.6) is 5.75 Å². The predicted octanol–water partition coefficient (Wildman–Crippen LogP) is 2.86. The monoisotopic (exact) mass is 318 g/mol. The molecule has 3 rings (SSSR count). The minimum Gasteiger partial charge on any atom is -0.489 e. The fraction of sp³-hybridized carbons (Fsp3) is 0.250. The summed E-state index contributed by atoms with van der Waals surface area (Å²) in [5, 5.41) is 0. The third-order valence-corrected chi connectivity index (χ3v) is 5.18. The van der Waals surface area contributed by atoms with Gasteiger partial charge in [-0.3, -0.25) is 4.72 Å². The van der Waals surface area contributed by atoms with Crippen molar-refractivity contribution in [2.24, 2.45) is 0 Å². The lowest BCUT2D eigenvalue weighted by Crippen LogP contribution is -2.41. The second-order valence-electron chi connectivity index (χ2n) is 5.29. The minimum atomic E-state index is -3.68. The number of para-hydroxylation sites is 2. The Labute approximate surface area is 130 Å². The second-order valence-corrected chi connectivity index (χ2v) is 6.89. The summed E-state index contributed by atoms with van der Waals surface area (Å²) in [6, 6.07) is 12.6. The number of benzene rings is 2. The first-order valence-corrected chi connectivity index (χ1v) is 8.51. The van der Waals surface area contributed by atoms with E-state index >= 15 is 0 Å². The van der Waals surface area contributed by atoms with Gasteiger partial charge >= 0.3 is 10.2 Å². The lowest BCUT2D eigenvalue weighted by atomic mass is 10.1. The summed E-state index contributed by atoms with van der Waals surface area (Å²) in [7, 11) is -3.68. The van der Waals surface area contributed by atoms with E-state index in [0.717, 1.165) is 11.1 Å². The van der Waals surface area contributed by atoms with E-state index in [2.05, 4.69) is 4.72 Å². The molecule has 0 aliphatic carbocycles. The van der Waals surface area contributed by atoms with Crippen LogP contribution in [0.1, 0.15) is 11.1 Å². The lowest BCUT2D eigenvalue weighted by molar-refractivity contribution is 0.316. The molecule has 0 fully saturated rings. The predicted molar refractivity (Wildman–Crippen MR) is 87.7 cm³/mol. The molecule has 116 valence electrons. The molecule has 0 atom stereocenters. The number of rotatable bonds is 3. The average molecular weight is 318 g/mol. The first-order chi connectivity index (χ1) is 10.5. The van der Waals surface area contributed by atoms with Gasteiger partial charge in [0.15, 0.2) is 0 Å². The van der Waals surface area contributed by atoms with Gasteiger partial charge in [0.2, 0.25) is 0 Å². The fourth-order valence-corrected chi connectivity index (χ4v) is 3.66. The summed E-state index contributed by atoms with van der Waals surface area (Å²) in [5.41, 5.74) is 3.29. The van der Waals surface area contributed by atoms with Gasteiger partial charge in [-0.1, -0.05) is 18.2 Å². The maximum atomic E-state index is 12.7. The molecule has 22 heavy (non-hydrogen) atoms.